The van der Waals surface area contributed by atoms with E-state index in [1.807, 2.05) is 30.3 Å². The maximum Gasteiger partial charge on any atom is 0.478 e. The Labute approximate surface area is 123 Å². The van der Waals surface area contributed by atoms with Crippen molar-refractivity contribution in [3.63, 3.8) is 0 Å². The smallest absolute Gasteiger partial charge is 0.478 e. The van der Waals surface area contributed by atoms with Gasteiger partial charge in [0.1, 0.15) is 0 Å². The van der Waals surface area contributed by atoms with Crippen LogP contribution >= 0.6 is 0 Å². The minimum Gasteiger partial charge on any atom is -0.481 e. The second-order valence-corrected chi connectivity index (χ2v) is 5.16. The Bertz CT molecular complexity index is 495. The summed E-state index contributed by atoms with van der Waals surface area (Å²) in [6, 6.07) is 9.31. The predicted octanol–water partition coefficient (Wildman–Crippen LogP) is 0.387. The standard InChI is InChI=1S/C14H18BNO5/c17-13(8-10-4-2-1-3-5-10)16-12-7-6-11(9-14(18)19)21-15(12)20/h1-5,11-12,20H,6-9H2,(H,16,17)(H,18,19)/t11-,12?/m0/s1. The molecule has 1 amide bonds. The largest absolute Gasteiger partial charge is 0.481 e. The number of nitrogens with one attached hydrogen (secondary N) is 1. The molecule has 1 heterocycles. The summed E-state index contributed by atoms with van der Waals surface area (Å²) in [4.78, 5) is 22.5. The van der Waals surface area contributed by atoms with Gasteiger partial charge < -0.3 is 20.1 Å². The molecule has 1 unspecified atom stereocenters. The zero-order valence-corrected chi connectivity index (χ0v) is 11.6. The van der Waals surface area contributed by atoms with Gasteiger partial charge in [-0.25, -0.2) is 0 Å². The molecular weight excluding hydrogens is 273 g/mol. The molecule has 2 atom stereocenters. The van der Waals surface area contributed by atoms with Crippen LogP contribution in [-0.4, -0.2) is 41.2 Å². The molecule has 0 aromatic heterocycles. The van der Waals surface area contributed by atoms with Gasteiger partial charge in [-0.15, -0.1) is 0 Å². The SMILES string of the molecule is O=C(O)C[C@@H]1CCC(NC(=O)Cc2ccccc2)B(O)O1. The monoisotopic (exact) mass is 291 g/mol. The zero-order chi connectivity index (χ0) is 15.2. The van der Waals surface area contributed by atoms with Crippen LogP contribution in [0.3, 0.4) is 0 Å². The van der Waals surface area contributed by atoms with Crippen molar-refractivity contribution in [2.75, 3.05) is 0 Å². The van der Waals surface area contributed by atoms with Gasteiger partial charge in [0.05, 0.1) is 24.9 Å². The molecule has 1 aliphatic heterocycles. The van der Waals surface area contributed by atoms with Gasteiger partial charge in [-0.3, -0.25) is 9.59 Å². The molecule has 1 aromatic carbocycles. The maximum atomic E-state index is 11.9. The van der Waals surface area contributed by atoms with Crippen molar-refractivity contribution < 1.29 is 24.4 Å². The number of carboxylic acids is 1. The maximum absolute atomic E-state index is 11.9. The second kappa shape index (κ2) is 7.24. The number of hydrogen-bond acceptors (Lipinski definition) is 4. The van der Waals surface area contributed by atoms with Gasteiger partial charge in [-0.1, -0.05) is 30.3 Å². The van der Waals surface area contributed by atoms with Crippen LogP contribution in [0.2, 0.25) is 0 Å². The predicted molar refractivity (Wildman–Crippen MR) is 76.4 cm³/mol. The fourth-order valence-electron chi connectivity index (χ4n) is 2.40. The van der Waals surface area contributed by atoms with Crippen LogP contribution in [0, 0.1) is 0 Å². The molecule has 2 rings (SSSR count). The number of rotatable bonds is 5. The molecule has 6 nitrogen and oxygen atoms in total. The first-order valence-corrected chi connectivity index (χ1v) is 6.93. The van der Waals surface area contributed by atoms with Gasteiger partial charge in [-0.2, -0.15) is 0 Å². The van der Waals surface area contributed by atoms with E-state index in [1.165, 1.54) is 0 Å². The molecule has 0 spiro atoms. The lowest BCUT2D eigenvalue weighted by Crippen LogP contribution is -2.53. The Kier molecular flexibility index (Phi) is 5.35. The summed E-state index contributed by atoms with van der Waals surface area (Å²) in [6.07, 6.45) is 0.601. The average Bonchev–Trinajstić information content (AvgIpc) is 2.42. The van der Waals surface area contributed by atoms with Gasteiger partial charge in [0.15, 0.2) is 0 Å². The van der Waals surface area contributed by atoms with Crippen molar-refractivity contribution in [2.24, 2.45) is 0 Å². The molecule has 1 fully saturated rings. The van der Waals surface area contributed by atoms with Crippen molar-refractivity contribution in [3.05, 3.63) is 35.9 Å². The van der Waals surface area contributed by atoms with E-state index in [0.717, 1.165) is 5.56 Å². The van der Waals surface area contributed by atoms with Crippen LogP contribution in [0.5, 0.6) is 0 Å². The Balaban J connectivity index is 1.81. The van der Waals surface area contributed by atoms with Gasteiger partial charge in [-0.05, 0) is 18.4 Å². The normalized spacial score (nSPS) is 21.9. The highest BCUT2D eigenvalue weighted by atomic mass is 16.5. The molecule has 0 radical (unpaired) electrons. The Hall–Kier alpha value is -1.86. The molecule has 21 heavy (non-hydrogen) atoms. The molecule has 0 saturated carbocycles. The highest BCUT2D eigenvalue weighted by Crippen LogP contribution is 2.18. The second-order valence-electron chi connectivity index (χ2n) is 5.16. The van der Waals surface area contributed by atoms with E-state index >= 15 is 0 Å². The Morgan fingerprint density at radius 2 is 2.00 bits per heavy atom. The van der Waals surface area contributed by atoms with Crippen molar-refractivity contribution in [1.82, 2.24) is 5.32 Å². The first-order chi connectivity index (χ1) is 10.0. The number of benzene rings is 1. The third-order valence-corrected chi connectivity index (χ3v) is 3.43. The van der Waals surface area contributed by atoms with Gasteiger partial charge >= 0.3 is 13.1 Å². The van der Waals surface area contributed by atoms with Crippen molar-refractivity contribution in [3.8, 4) is 0 Å². The number of carbonyl (C=O) groups excluding carboxylic acids is 1. The molecule has 0 aliphatic carbocycles. The molecular formula is C14H18BNO5. The van der Waals surface area contributed by atoms with Crippen LogP contribution in [0.4, 0.5) is 0 Å². The van der Waals surface area contributed by atoms with Crippen LogP contribution in [-0.2, 0) is 20.7 Å². The van der Waals surface area contributed by atoms with Crippen molar-refractivity contribution in [2.45, 2.75) is 37.7 Å². The van der Waals surface area contributed by atoms with Crippen LogP contribution in [0.1, 0.15) is 24.8 Å². The lowest BCUT2D eigenvalue weighted by molar-refractivity contribution is -0.139. The fourth-order valence-corrected chi connectivity index (χ4v) is 2.40. The average molecular weight is 291 g/mol. The summed E-state index contributed by atoms with van der Waals surface area (Å²) in [7, 11) is -1.16. The number of carboxylic acid groups (broad SMARTS) is 1. The van der Waals surface area contributed by atoms with Gasteiger partial charge in [0.2, 0.25) is 5.91 Å². The first-order valence-electron chi connectivity index (χ1n) is 6.93. The van der Waals surface area contributed by atoms with Crippen molar-refractivity contribution in [1.29, 1.82) is 0 Å². The molecule has 7 heteroatoms. The Morgan fingerprint density at radius 3 is 2.62 bits per heavy atom. The van der Waals surface area contributed by atoms with E-state index in [9.17, 15) is 14.6 Å². The third-order valence-electron chi connectivity index (χ3n) is 3.43. The van der Waals surface area contributed by atoms with Crippen molar-refractivity contribution >= 4 is 19.0 Å². The summed E-state index contributed by atoms with van der Waals surface area (Å²) >= 11 is 0. The summed E-state index contributed by atoms with van der Waals surface area (Å²) in [6.45, 7) is 0. The quantitative estimate of drug-likeness (QED) is 0.682. The van der Waals surface area contributed by atoms with E-state index in [2.05, 4.69) is 5.32 Å². The van der Waals surface area contributed by atoms with Crippen LogP contribution in [0.25, 0.3) is 0 Å². The molecule has 0 bridgehead atoms. The fraction of sp³-hybridized carbons (Fsp3) is 0.429. The highest BCUT2D eigenvalue weighted by molar-refractivity contribution is 6.45. The van der Waals surface area contributed by atoms with Gasteiger partial charge in [0.25, 0.3) is 0 Å². The van der Waals surface area contributed by atoms with E-state index in [4.69, 9.17) is 9.76 Å². The molecule has 1 saturated heterocycles. The minimum absolute atomic E-state index is 0.137. The molecule has 112 valence electrons. The number of aliphatic carboxylic acids is 1. The van der Waals surface area contributed by atoms with E-state index in [0.29, 0.717) is 12.8 Å². The highest BCUT2D eigenvalue weighted by Gasteiger charge is 2.36. The summed E-state index contributed by atoms with van der Waals surface area (Å²) < 4.78 is 5.22. The molecule has 1 aromatic rings. The number of carbonyl (C=O) groups is 2. The summed E-state index contributed by atoms with van der Waals surface area (Å²) in [5.41, 5.74) is 0.893. The minimum atomic E-state index is -1.16. The zero-order valence-electron chi connectivity index (χ0n) is 11.6. The van der Waals surface area contributed by atoms with E-state index < -0.39 is 25.1 Å². The topological polar surface area (TPSA) is 95.9 Å². The lowest BCUT2D eigenvalue weighted by atomic mass is 9.72. The van der Waals surface area contributed by atoms with Crippen LogP contribution in [0.15, 0.2) is 30.3 Å². The summed E-state index contributed by atoms with van der Waals surface area (Å²) in [5, 5.41) is 21.3. The van der Waals surface area contributed by atoms with E-state index in [-0.39, 0.29) is 18.7 Å². The third kappa shape index (κ3) is 4.88. The van der Waals surface area contributed by atoms with Gasteiger partial charge in [0, 0.05) is 0 Å². The molecule has 3 N–H and O–H groups in total. The Morgan fingerprint density at radius 1 is 1.29 bits per heavy atom. The van der Waals surface area contributed by atoms with E-state index in [1.54, 1.807) is 0 Å². The molecule has 1 aliphatic rings. The van der Waals surface area contributed by atoms with Crippen LogP contribution < -0.4 is 5.32 Å². The lowest BCUT2D eigenvalue weighted by Gasteiger charge is -2.30. The summed E-state index contributed by atoms with van der Waals surface area (Å²) in [5.74, 6) is -1.64. The number of amides is 1. The number of hydrogen-bond donors (Lipinski definition) is 3. The first kappa shape index (κ1) is 15.5.